The summed E-state index contributed by atoms with van der Waals surface area (Å²) in [6.45, 7) is 2.03. The van der Waals surface area contributed by atoms with Crippen LogP contribution in [0, 0.1) is 6.92 Å². The highest BCUT2D eigenvalue weighted by Gasteiger charge is 2.17. The highest BCUT2D eigenvalue weighted by Crippen LogP contribution is 2.29. The minimum Gasteiger partial charge on any atom is -0.468 e. The number of ether oxygens (including phenoxy) is 1. The normalized spacial score (nSPS) is 10.7. The smallest absolute Gasteiger partial charge is 0.316 e. The number of carbonyl (C=O) groups excluding carboxylic acids is 1. The molecule has 5 nitrogen and oxygen atoms in total. The molecule has 0 fully saturated rings. The van der Waals surface area contributed by atoms with Crippen LogP contribution in [0.1, 0.15) is 5.56 Å². The van der Waals surface area contributed by atoms with Crippen LogP contribution in [0.3, 0.4) is 0 Å². The van der Waals surface area contributed by atoms with E-state index in [9.17, 15) is 4.79 Å². The fraction of sp³-hybridized carbons (Fsp3) is 0.167. The summed E-state index contributed by atoms with van der Waals surface area (Å²) >= 11 is 7.29. The van der Waals surface area contributed by atoms with Gasteiger partial charge in [-0.3, -0.25) is 9.36 Å². The summed E-state index contributed by atoms with van der Waals surface area (Å²) in [6.07, 6.45) is 0. The number of halogens is 1. The monoisotopic (exact) mass is 373 g/mol. The lowest BCUT2D eigenvalue weighted by molar-refractivity contribution is -0.137. The molecule has 7 heteroatoms. The summed E-state index contributed by atoms with van der Waals surface area (Å²) in [4.78, 5) is 11.5. The summed E-state index contributed by atoms with van der Waals surface area (Å²) in [6, 6.07) is 15.5. The third-order valence-corrected chi connectivity index (χ3v) is 4.70. The van der Waals surface area contributed by atoms with Gasteiger partial charge < -0.3 is 4.74 Å². The maximum atomic E-state index is 11.5. The molecule has 3 aromatic rings. The number of hydrogen-bond donors (Lipinski definition) is 0. The van der Waals surface area contributed by atoms with E-state index in [4.69, 9.17) is 16.3 Å². The number of esters is 1. The zero-order valence-electron chi connectivity index (χ0n) is 13.8. The molecule has 0 atom stereocenters. The number of aromatic nitrogens is 3. The minimum absolute atomic E-state index is 0.163. The minimum atomic E-state index is -0.312. The fourth-order valence-corrected chi connectivity index (χ4v) is 3.25. The van der Waals surface area contributed by atoms with E-state index >= 15 is 0 Å². The molecule has 0 bridgehead atoms. The lowest BCUT2D eigenvalue weighted by atomic mass is 10.1. The second kappa shape index (κ2) is 7.72. The Kier molecular flexibility index (Phi) is 5.40. The van der Waals surface area contributed by atoms with Gasteiger partial charge in [-0.2, -0.15) is 0 Å². The number of thioether (sulfide) groups is 1. The van der Waals surface area contributed by atoms with Crippen LogP contribution in [-0.4, -0.2) is 33.6 Å². The summed E-state index contributed by atoms with van der Waals surface area (Å²) in [5, 5.41) is 9.87. The molecule has 0 N–H and O–H groups in total. The van der Waals surface area contributed by atoms with Crippen LogP contribution in [0.5, 0.6) is 0 Å². The Balaban J connectivity index is 2.07. The number of methoxy groups -OCH3 is 1. The van der Waals surface area contributed by atoms with Crippen molar-refractivity contribution in [2.75, 3.05) is 12.9 Å². The average molecular weight is 374 g/mol. The molecule has 1 heterocycles. The standard InChI is InChI=1S/C18H16ClN3O2S/c1-12-4-3-5-13(10-12)17-20-21-18(25-11-16(23)24-2)22(17)15-8-6-14(19)7-9-15/h3-10H,11H2,1-2H3. The molecular formula is C18H16ClN3O2S. The summed E-state index contributed by atoms with van der Waals surface area (Å²) < 4.78 is 6.62. The van der Waals surface area contributed by atoms with Gasteiger partial charge in [-0.15, -0.1) is 10.2 Å². The van der Waals surface area contributed by atoms with Gasteiger partial charge >= 0.3 is 5.97 Å². The van der Waals surface area contributed by atoms with Gasteiger partial charge in [0.25, 0.3) is 0 Å². The number of nitrogens with zero attached hydrogens (tertiary/aromatic N) is 3. The summed E-state index contributed by atoms with van der Waals surface area (Å²) in [7, 11) is 1.37. The second-order valence-corrected chi connectivity index (χ2v) is 6.73. The van der Waals surface area contributed by atoms with Crippen molar-refractivity contribution in [3.63, 3.8) is 0 Å². The lowest BCUT2D eigenvalue weighted by Gasteiger charge is -2.10. The molecule has 3 rings (SSSR count). The van der Waals surface area contributed by atoms with Gasteiger partial charge in [0, 0.05) is 16.3 Å². The van der Waals surface area contributed by atoms with Gasteiger partial charge in [-0.05, 0) is 37.3 Å². The van der Waals surface area contributed by atoms with Gasteiger partial charge in [0.05, 0.1) is 12.9 Å². The van der Waals surface area contributed by atoms with Gasteiger partial charge in [-0.1, -0.05) is 47.1 Å². The molecule has 0 unspecified atom stereocenters. The van der Waals surface area contributed by atoms with Gasteiger partial charge in [0.15, 0.2) is 11.0 Å². The Morgan fingerprint density at radius 1 is 1.20 bits per heavy atom. The highest BCUT2D eigenvalue weighted by atomic mass is 35.5. The van der Waals surface area contributed by atoms with Crippen molar-refractivity contribution < 1.29 is 9.53 Å². The van der Waals surface area contributed by atoms with E-state index in [0.29, 0.717) is 16.0 Å². The maximum absolute atomic E-state index is 11.5. The Labute approximate surface area is 155 Å². The second-order valence-electron chi connectivity index (χ2n) is 5.35. The Morgan fingerprint density at radius 3 is 2.64 bits per heavy atom. The van der Waals surface area contributed by atoms with Crippen molar-refractivity contribution >= 4 is 29.3 Å². The first kappa shape index (κ1) is 17.5. The molecule has 25 heavy (non-hydrogen) atoms. The fourth-order valence-electron chi connectivity index (χ4n) is 2.34. The number of rotatable bonds is 5. The third-order valence-electron chi connectivity index (χ3n) is 3.54. The molecular weight excluding hydrogens is 358 g/mol. The molecule has 1 aromatic heterocycles. The Hall–Kier alpha value is -2.31. The van der Waals surface area contributed by atoms with E-state index in [-0.39, 0.29) is 11.7 Å². The van der Waals surface area contributed by atoms with Gasteiger partial charge in [0.2, 0.25) is 0 Å². The number of hydrogen-bond acceptors (Lipinski definition) is 5. The summed E-state index contributed by atoms with van der Waals surface area (Å²) in [5.74, 6) is 0.557. The molecule has 2 aromatic carbocycles. The van der Waals surface area contributed by atoms with Crippen LogP contribution in [0.4, 0.5) is 0 Å². The van der Waals surface area contributed by atoms with Crippen molar-refractivity contribution in [3.05, 3.63) is 59.1 Å². The largest absolute Gasteiger partial charge is 0.468 e. The maximum Gasteiger partial charge on any atom is 0.316 e. The van der Waals surface area contributed by atoms with Crippen LogP contribution < -0.4 is 0 Å². The van der Waals surface area contributed by atoms with Crippen molar-refractivity contribution in [3.8, 4) is 17.1 Å². The predicted octanol–water partition coefficient (Wildman–Crippen LogP) is 4.16. The van der Waals surface area contributed by atoms with E-state index in [0.717, 1.165) is 16.8 Å². The van der Waals surface area contributed by atoms with Gasteiger partial charge in [0.1, 0.15) is 0 Å². The number of carbonyl (C=O) groups is 1. The van der Waals surface area contributed by atoms with Crippen molar-refractivity contribution in [2.45, 2.75) is 12.1 Å². The quantitative estimate of drug-likeness (QED) is 0.496. The van der Waals surface area contributed by atoms with Crippen molar-refractivity contribution in [1.82, 2.24) is 14.8 Å². The van der Waals surface area contributed by atoms with E-state index in [1.165, 1.54) is 18.9 Å². The van der Waals surface area contributed by atoms with Crippen LogP contribution >= 0.6 is 23.4 Å². The Bertz CT molecular complexity index is 894. The van der Waals surface area contributed by atoms with Crippen molar-refractivity contribution in [1.29, 1.82) is 0 Å². The molecule has 0 spiro atoms. The highest BCUT2D eigenvalue weighted by molar-refractivity contribution is 7.99. The molecule has 128 valence electrons. The molecule has 0 saturated carbocycles. The molecule has 0 aliphatic carbocycles. The molecule has 0 amide bonds. The topological polar surface area (TPSA) is 57.0 Å². The first-order valence-electron chi connectivity index (χ1n) is 7.56. The van der Waals surface area contributed by atoms with Crippen LogP contribution in [0.15, 0.2) is 53.7 Å². The number of benzene rings is 2. The van der Waals surface area contributed by atoms with Crippen LogP contribution in [0.2, 0.25) is 5.02 Å². The van der Waals surface area contributed by atoms with Crippen LogP contribution in [-0.2, 0) is 9.53 Å². The van der Waals surface area contributed by atoms with Crippen LogP contribution in [0.25, 0.3) is 17.1 Å². The molecule has 0 aliphatic heterocycles. The van der Waals surface area contributed by atoms with E-state index < -0.39 is 0 Å². The number of aryl methyl sites for hydroxylation is 1. The predicted molar refractivity (Wildman–Crippen MR) is 99.3 cm³/mol. The third kappa shape index (κ3) is 4.03. The van der Waals surface area contributed by atoms with E-state index in [1.54, 1.807) is 0 Å². The van der Waals surface area contributed by atoms with Gasteiger partial charge in [-0.25, -0.2) is 0 Å². The SMILES string of the molecule is COC(=O)CSc1nnc(-c2cccc(C)c2)n1-c1ccc(Cl)cc1. The zero-order chi connectivity index (χ0) is 17.8. The Morgan fingerprint density at radius 2 is 1.96 bits per heavy atom. The average Bonchev–Trinajstić information content (AvgIpc) is 3.04. The van der Waals surface area contributed by atoms with E-state index in [2.05, 4.69) is 10.2 Å². The summed E-state index contributed by atoms with van der Waals surface area (Å²) in [5.41, 5.74) is 2.96. The first-order chi connectivity index (χ1) is 12.1. The molecule has 0 saturated heterocycles. The lowest BCUT2D eigenvalue weighted by Crippen LogP contribution is -2.05. The van der Waals surface area contributed by atoms with Crippen molar-refractivity contribution in [2.24, 2.45) is 0 Å². The molecule has 0 aliphatic rings. The molecule has 0 radical (unpaired) electrons. The van der Waals surface area contributed by atoms with E-state index in [1.807, 2.05) is 60.0 Å². The first-order valence-corrected chi connectivity index (χ1v) is 8.93. The zero-order valence-corrected chi connectivity index (χ0v) is 15.3.